The largest absolute Gasteiger partial charge is 0.355 e. The van der Waals surface area contributed by atoms with E-state index >= 15 is 0 Å². The van der Waals surface area contributed by atoms with E-state index in [4.69, 9.17) is 0 Å². The van der Waals surface area contributed by atoms with Crippen molar-refractivity contribution in [2.75, 3.05) is 24.5 Å². The number of carbonyl (C=O) groups is 2. The summed E-state index contributed by atoms with van der Waals surface area (Å²) >= 11 is 1.11. The Kier molecular flexibility index (Phi) is 3.79. The van der Waals surface area contributed by atoms with Crippen LogP contribution in [0.5, 0.6) is 0 Å². The molecule has 1 saturated heterocycles. The third-order valence-corrected chi connectivity index (χ3v) is 4.12. The number of amides is 1. The summed E-state index contributed by atoms with van der Waals surface area (Å²) < 4.78 is 0. The van der Waals surface area contributed by atoms with Crippen molar-refractivity contribution in [1.29, 1.82) is 0 Å². The molecule has 8 heteroatoms. The van der Waals surface area contributed by atoms with Gasteiger partial charge in [0.1, 0.15) is 0 Å². The van der Waals surface area contributed by atoms with Crippen LogP contribution in [0.2, 0.25) is 0 Å². The van der Waals surface area contributed by atoms with Gasteiger partial charge in [-0.25, -0.2) is 0 Å². The molecule has 19 heavy (non-hydrogen) atoms. The first kappa shape index (κ1) is 13.5. The lowest BCUT2D eigenvalue weighted by Gasteiger charge is -2.18. The Morgan fingerprint density at radius 2 is 2.26 bits per heavy atom. The van der Waals surface area contributed by atoms with E-state index in [-0.39, 0.29) is 17.4 Å². The van der Waals surface area contributed by atoms with Gasteiger partial charge in [-0.3, -0.25) is 19.7 Å². The average molecular weight is 283 g/mol. The van der Waals surface area contributed by atoms with Gasteiger partial charge < -0.3 is 10.2 Å². The summed E-state index contributed by atoms with van der Waals surface area (Å²) in [5.41, 5.74) is -0.0652. The molecule has 1 N–H and O–H groups in total. The van der Waals surface area contributed by atoms with Crippen molar-refractivity contribution in [3.8, 4) is 0 Å². The fraction of sp³-hybridized carbons (Fsp3) is 0.455. The van der Waals surface area contributed by atoms with Crippen LogP contribution in [0.1, 0.15) is 23.0 Å². The first-order valence-corrected chi connectivity index (χ1v) is 6.61. The summed E-state index contributed by atoms with van der Waals surface area (Å²) in [5, 5.41) is 14.2. The normalized spacial score (nSPS) is 15.8. The number of nitrogens with zero attached hydrogens (tertiary/aromatic N) is 2. The first-order chi connectivity index (χ1) is 8.99. The predicted molar refractivity (Wildman–Crippen MR) is 70.8 cm³/mol. The Balaban J connectivity index is 2.34. The molecule has 1 amide bonds. The van der Waals surface area contributed by atoms with E-state index in [1.54, 1.807) is 4.90 Å². The van der Waals surface area contributed by atoms with Crippen LogP contribution < -0.4 is 10.2 Å². The maximum absolute atomic E-state index is 11.3. The second kappa shape index (κ2) is 5.35. The molecule has 1 aliphatic rings. The Labute approximate surface area is 113 Å². The average Bonchev–Trinajstić information content (AvgIpc) is 2.68. The second-order valence-corrected chi connectivity index (χ2v) is 5.23. The van der Waals surface area contributed by atoms with Crippen LogP contribution in [0.3, 0.4) is 0 Å². The standard InChI is InChI=1S/C11H13N3O4S/c1-7(15)9-6-8(14(17)18)11(19-9)13-4-2-10(16)12-3-5-13/h6H,2-5H2,1H3,(H,12,16). The maximum atomic E-state index is 11.3. The van der Waals surface area contributed by atoms with Gasteiger partial charge >= 0.3 is 5.69 Å². The lowest BCUT2D eigenvalue weighted by Crippen LogP contribution is -2.28. The molecule has 1 aromatic heterocycles. The lowest BCUT2D eigenvalue weighted by molar-refractivity contribution is -0.383. The van der Waals surface area contributed by atoms with Crippen molar-refractivity contribution in [3.05, 3.63) is 21.1 Å². The summed E-state index contributed by atoms with van der Waals surface area (Å²) in [6.07, 6.45) is 0.296. The highest BCUT2D eigenvalue weighted by Gasteiger charge is 2.26. The molecule has 7 nitrogen and oxygen atoms in total. The van der Waals surface area contributed by atoms with E-state index in [2.05, 4.69) is 5.32 Å². The Morgan fingerprint density at radius 1 is 1.53 bits per heavy atom. The summed E-state index contributed by atoms with van der Waals surface area (Å²) in [5.74, 6) is -0.253. The topological polar surface area (TPSA) is 92.5 Å². The van der Waals surface area contributed by atoms with Gasteiger partial charge in [0.2, 0.25) is 5.91 Å². The van der Waals surface area contributed by atoms with Crippen LogP contribution in [0, 0.1) is 10.1 Å². The number of Topliss-reactive ketones (excluding diaryl/α,β-unsaturated/α-hetero) is 1. The van der Waals surface area contributed by atoms with E-state index in [0.29, 0.717) is 35.9 Å². The Hall–Kier alpha value is -1.96. The number of nitrogens with one attached hydrogen (secondary N) is 1. The molecule has 0 saturated carbocycles. The molecule has 0 unspecified atom stereocenters. The molecular formula is C11H13N3O4S. The zero-order chi connectivity index (χ0) is 14.0. The molecule has 0 aliphatic carbocycles. The minimum absolute atomic E-state index is 0.0616. The summed E-state index contributed by atoms with van der Waals surface area (Å²) in [6.45, 7) is 2.76. The number of carbonyl (C=O) groups excluding carboxylic acids is 2. The molecule has 1 aromatic rings. The van der Waals surface area contributed by atoms with Gasteiger partial charge in [0.05, 0.1) is 9.80 Å². The van der Waals surface area contributed by atoms with Gasteiger partial charge in [0.15, 0.2) is 10.8 Å². The van der Waals surface area contributed by atoms with Gasteiger partial charge in [-0.1, -0.05) is 0 Å². The van der Waals surface area contributed by atoms with Crippen LogP contribution in [-0.2, 0) is 4.79 Å². The van der Waals surface area contributed by atoms with E-state index in [1.165, 1.54) is 13.0 Å². The molecular weight excluding hydrogens is 270 g/mol. The molecule has 0 atom stereocenters. The van der Waals surface area contributed by atoms with Crippen LogP contribution in [-0.4, -0.2) is 36.2 Å². The van der Waals surface area contributed by atoms with Crippen LogP contribution in [0.25, 0.3) is 0 Å². The monoisotopic (exact) mass is 283 g/mol. The molecule has 0 spiro atoms. The number of anilines is 1. The van der Waals surface area contributed by atoms with Gasteiger partial charge in [0, 0.05) is 32.1 Å². The Morgan fingerprint density at radius 3 is 2.89 bits per heavy atom. The van der Waals surface area contributed by atoms with Crippen molar-refractivity contribution >= 4 is 33.7 Å². The van der Waals surface area contributed by atoms with Crippen molar-refractivity contribution in [3.63, 3.8) is 0 Å². The molecule has 2 rings (SSSR count). The number of hydrogen-bond acceptors (Lipinski definition) is 6. The van der Waals surface area contributed by atoms with Crippen molar-refractivity contribution < 1.29 is 14.5 Å². The highest BCUT2D eigenvalue weighted by atomic mass is 32.1. The Bertz CT molecular complexity index is 540. The third kappa shape index (κ3) is 2.90. The van der Waals surface area contributed by atoms with Crippen molar-refractivity contribution in [2.24, 2.45) is 0 Å². The van der Waals surface area contributed by atoms with Crippen molar-refractivity contribution in [1.82, 2.24) is 5.32 Å². The molecule has 1 fully saturated rings. The molecule has 1 aliphatic heterocycles. The number of nitro groups is 1. The zero-order valence-corrected chi connectivity index (χ0v) is 11.2. The fourth-order valence-corrected chi connectivity index (χ4v) is 2.95. The predicted octanol–water partition coefficient (Wildman–Crippen LogP) is 1.19. The SMILES string of the molecule is CC(=O)c1cc([N+](=O)[O-])c(N2CCNC(=O)CC2)s1. The van der Waals surface area contributed by atoms with Gasteiger partial charge in [0.25, 0.3) is 0 Å². The van der Waals surface area contributed by atoms with E-state index in [1.807, 2.05) is 0 Å². The molecule has 2 heterocycles. The number of rotatable bonds is 3. The second-order valence-electron chi connectivity index (χ2n) is 4.20. The minimum Gasteiger partial charge on any atom is -0.355 e. The number of ketones is 1. The third-order valence-electron chi connectivity index (χ3n) is 2.84. The van der Waals surface area contributed by atoms with E-state index in [0.717, 1.165) is 11.3 Å². The molecule has 0 bridgehead atoms. The molecule has 102 valence electrons. The van der Waals surface area contributed by atoms with Gasteiger partial charge in [-0.05, 0) is 6.92 Å². The number of thiophene rings is 1. The number of hydrogen-bond donors (Lipinski definition) is 1. The van der Waals surface area contributed by atoms with E-state index in [9.17, 15) is 19.7 Å². The zero-order valence-electron chi connectivity index (χ0n) is 10.3. The fourth-order valence-electron chi connectivity index (χ4n) is 1.87. The first-order valence-electron chi connectivity index (χ1n) is 5.80. The van der Waals surface area contributed by atoms with Crippen LogP contribution >= 0.6 is 11.3 Å². The quantitative estimate of drug-likeness (QED) is 0.511. The highest BCUT2D eigenvalue weighted by Crippen LogP contribution is 2.38. The summed E-state index contributed by atoms with van der Waals surface area (Å²) in [7, 11) is 0. The smallest absolute Gasteiger partial charge is 0.304 e. The van der Waals surface area contributed by atoms with Crippen LogP contribution in [0.15, 0.2) is 6.07 Å². The minimum atomic E-state index is -0.488. The summed E-state index contributed by atoms with van der Waals surface area (Å²) in [6, 6.07) is 1.31. The van der Waals surface area contributed by atoms with Crippen LogP contribution in [0.4, 0.5) is 10.7 Å². The van der Waals surface area contributed by atoms with E-state index < -0.39 is 4.92 Å². The summed E-state index contributed by atoms with van der Waals surface area (Å²) in [4.78, 5) is 35.3. The van der Waals surface area contributed by atoms with Gasteiger partial charge in [-0.15, -0.1) is 11.3 Å². The molecule has 0 radical (unpaired) electrons. The highest BCUT2D eigenvalue weighted by molar-refractivity contribution is 7.18. The molecule has 0 aromatic carbocycles. The van der Waals surface area contributed by atoms with Crippen molar-refractivity contribution in [2.45, 2.75) is 13.3 Å². The van der Waals surface area contributed by atoms with Gasteiger partial charge in [-0.2, -0.15) is 0 Å². The lowest BCUT2D eigenvalue weighted by atomic mass is 10.3. The maximum Gasteiger partial charge on any atom is 0.304 e.